The minimum atomic E-state index is -0.981. The van der Waals surface area contributed by atoms with Crippen LogP contribution in [-0.4, -0.2) is 24.0 Å². The third-order valence-electron chi connectivity index (χ3n) is 5.26. The maximum Gasteiger partial charge on any atom is 0.195 e. The van der Waals surface area contributed by atoms with E-state index in [9.17, 15) is 13.6 Å². The van der Waals surface area contributed by atoms with E-state index in [-0.39, 0.29) is 24.7 Å². The molecular weight excluding hydrogens is 428 g/mol. The minimum Gasteiger partial charge on any atom is -0.490 e. The lowest BCUT2D eigenvalue weighted by Gasteiger charge is -2.13. The van der Waals surface area contributed by atoms with Gasteiger partial charge in [0.05, 0.1) is 12.5 Å². The van der Waals surface area contributed by atoms with Gasteiger partial charge in [-0.25, -0.2) is 8.78 Å². The van der Waals surface area contributed by atoms with Crippen LogP contribution in [0, 0.1) is 11.6 Å². The summed E-state index contributed by atoms with van der Waals surface area (Å²) in [6.07, 6.45) is 6.42. The number of aromatic nitrogens is 1. The summed E-state index contributed by atoms with van der Waals surface area (Å²) in [5, 5.41) is 0. The SMILES string of the molecule is O=C1C(c2cccnc2)=C(c2ccoc2)c2c(OCCOc3ccc(F)c(F)c3)cccc21. The molecule has 2 aromatic heterocycles. The van der Waals surface area contributed by atoms with E-state index < -0.39 is 11.6 Å². The molecule has 33 heavy (non-hydrogen) atoms. The van der Waals surface area contributed by atoms with Crippen molar-refractivity contribution in [3.05, 3.63) is 113 Å². The Balaban J connectivity index is 1.45. The first-order valence-corrected chi connectivity index (χ1v) is 10.2. The van der Waals surface area contributed by atoms with Gasteiger partial charge in [0.15, 0.2) is 17.4 Å². The summed E-state index contributed by atoms with van der Waals surface area (Å²) < 4.78 is 43.1. The van der Waals surface area contributed by atoms with E-state index >= 15 is 0 Å². The van der Waals surface area contributed by atoms with Gasteiger partial charge < -0.3 is 13.9 Å². The summed E-state index contributed by atoms with van der Waals surface area (Å²) in [5.41, 5.74) is 3.85. The Labute approximate surface area is 187 Å². The zero-order chi connectivity index (χ0) is 22.8. The molecule has 2 aromatic carbocycles. The van der Waals surface area contributed by atoms with Crippen LogP contribution in [0.3, 0.4) is 0 Å². The number of pyridine rings is 1. The number of ketones is 1. The molecule has 0 aliphatic heterocycles. The molecule has 164 valence electrons. The molecule has 2 heterocycles. The van der Waals surface area contributed by atoms with Crippen LogP contribution >= 0.6 is 0 Å². The van der Waals surface area contributed by atoms with Crippen molar-refractivity contribution in [2.75, 3.05) is 13.2 Å². The van der Waals surface area contributed by atoms with Crippen molar-refractivity contribution in [1.82, 2.24) is 4.98 Å². The van der Waals surface area contributed by atoms with Gasteiger partial charge in [-0.2, -0.15) is 0 Å². The van der Waals surface area contributed by atoms with Gasteiger partial charge in [0, 0.05) is 51.9 Å². The monoisotopic (exact) mass is 445 g/mol. The minimum absolute atomic E-state index is 0.100. The highest BCUT2D eigenvalue weighted by Crippen LogP contribution is 2.46. The Hall–Kier alpha value is -4.26. The average molecular weight is 445 g/mol. The van der Waals surface area contributed by atoms with Gasteiger partial charge in [-0.05, 0) is 30.3 Å². The molecule has 0 radical (unpaired) electrons. The van der Waals surface area contributed by atoms with Crippen molar-refractivity contribution < 1.29 is 27.5 Å². The molecule has 0 unspecified atom stereocenters. The van der Waals surface area contributed by atoms with E-state index in [2.05, 4.69) is 4.98 Å². The summed E-state index contributed by atoms with van der Waals surface area (Å²) in [5.74, 6) is -1.34. The number of ether oxygens (including phenoxy) is 2. The van der Waals surface area contributed by atoms with E-state index in [0.29, 0.717) is 33.6 Å². The maximum atomic E-state index is 13.4. The average Bonchev–Trinajstić information content (AvgIpc) is 3.46. The van der Waals surface area contributed by atoms with Gasteiger partial charge in [-0.3, -0.25) is 9.78 Å². The number of Topliss-reactive ketones (excluding diaryl/α,β-unsaturated/α-hetero) is 1. The molecule has 0 amide bonds. The van der Waals surface area contributed by atoms with E-state index in [1.165, 1.54) is 6.07 Å². The molecule has 1 aliphatic rings. The van der Waals surface area contributed by atoms with Crippen molar-refractivity contribution in [2.45, 2.75) is 0 Å². The lowest BCUT2D eigenvalue weighted by molar-refractivity contribution is 0.105. The van der Waals surface area contributed by atoms with E-state index in [1.54, 1.807) is 55.3 Å². The zero-order valence-corrected chi connectivity index (χ0v) is 17.3. The predicted octanol–water partition coefficient (Wildman–Crippen LogP) is 5.57. The van der Waals surface area contributed by atoms with Gasteiger partial charge in [0.1, 0.15) is 24.7 Å². The summed E-state index contributed by atoms with van der Waals surface area (Å²) in [7, 11) is 0. The third-order valence-corrected chi connectivity index (χ3v) is 5.26. The number of allylic oxidation sites excluding steroid dienone is 1. The molecule has 1 aliphatic carbocycles. The molecular formula is C26H17F2NO4. The highest BCUT2D eigenvalue weighted by atomic mass is 19.2. The molecule has 0 saturated carbocycles. The van der Waals surface area contributed by atoms with Crippen molar-refractivity contribution >= 4 is 16.9 Å². The Bertz CT molecular complexity index is 1350. The lowest BCUT2D eigenvalue weighted by Crippen LogP contribution is -2.10. The molecule has 0 bridgehead atoms. The number of nitrogens with zero attached hydrogens (tertiary/aromatic N) is 1. The summed E-state index contributed by atoms with van der Waals surface area (Å²) in [6, 6.07) is 14.0. The van der Waals surface area contributed by atoms with E-state index in [4.69, 9.17) is 13.9 Å². The highest BCUT2D eigenvalue weighted by molar-refractivity contribution is 6.41. The number of fused-ring (bicyclic) bond motifs is 1. The summed E-state index contributed by atoms with van der Waals surface area (Å²) >= 11 is 0. The number of carbonyl (C=O) groups excluding carboxylic acids is 1. The van der Waals surface area contributed by atoms with Crippen LogP contribution in [0.15, 0.2) is 83.9 Å². The number of benzene rings is 2. The Morgan fingerprint density at radius 1 is 0.879 bits per heavy atom. The van der Waals surface area contributed by atoms with Crippen LogP contribution in [-0.2, 0) is 0 Å². The molecule has 0 fully saturated rings. The number of furan rings is 1. The molecule has 5 nitrogen and oxygen atoms in total. The molecule has 0 spiro atoms. The van der Waals surface area contributed by atoms with Crippen molar-refractivity contribution in [3.8, 4) is 11.5 Å². The lowest BCUT2D eigenvalue weighted by atomic mass is 9.96. The second-order valence-electron chi connectivity index (χ2n) is 7.28. The summed E-state index contributed by atoms with van der Waals surface area (Å²) in [4.78, 5) is 17.5. The van der Waals surface area contributed by atoms with E-state index in [1.807, 2.05) is 6.07 Å². The first kappa shape index (κ1) is 20.6. The van der Waals surface area contributed by atoms with E-state index in [0.717, 1.165) is 17.7 Å². The fraction of sp³-hybridized carbons (Fsp3) is 0.0769. The van der Waals surface area contributed by atoms with Crippen LogP contribution in [0.5, 0.6) is 11.5 Å². The van der Waals surface area contributed by atoms with Crippen LogP contribution in [0.25, 0.3) is 11.1 Å². The second kappa shape index (κ2) is 8.70. The summed E-state index contributed by atoms with van der Waals surface area (Å²) in [6.45, 7) is 0.230. The molecule has 4 aromatic rings. The van der Waals surface area contributed by atoms with Gasteiger partial charge in [-0.15, -0.1) is 0 Å². The quantitative estimate of drug-likeness (QED) is 0.348. The Morgan fingerprint density at radius 2 is 1.76 bits per heavy atom. The van der Waals surface area contributed by atoms with Crippen molar-refractivity contribution in [2.24, 2.45) is 0 Å². The standard InChI is InChI=1S/C26H17F2NO4/c27-20-7-6-18(13-21(20)28)32-11-12-33-22-5-1-4-19-25(22)23(17-8-10-31-15-17)24(26(19)30)16-3-2-9-29-14-16/h1-10,13-15H,11-12H2. The van der Waals surface area contributed by atoms with Crippen LogP contribution < -0.4 is 9.47 Å². The van der Waals surface area contributed by atoms with Gasteiger partial charge in [0.2, 0.25) is 0 Å². The van der Waals surface area contributed by atoms with Crippen LogP contribution in [0.2, 0.25) is 0 Å². The number of halogens is 2. The van der Waals surface area contributed by atoms with Gasteiger partial charge in [0.25, 0.3) is 0 Å². The first-order valence-electron chi connectivity index (χ1n) is 10.2. The topological polar surface area (TPSA) is 61.6 Å². The van der Waals surface area contributed by atoms with Gasteiger partial charge >= 0.3 is 0 Å². The molecule has 5 rings (SSSR count). The fourth-order valence-corrected chi connectivity index (χ4v) is 3.83. The Morgan fingerprint density at radius 3 is 2.52 bits per heavy atom. The second-order valence-corrected chi connectivity index (χ2v) is 7.28. The molecule has 0 N–H and O–H groups in total. The highest BCUT2D eigenvalue weighted by Gasteiger charge is 2.34. The third kappa shape index (κ3) is 3.89. The molecule has 7 heteroatoms. The number of rotatable bonds is 7. The van der Waals surface area contributed by atoms with Crippen molar-refractivity contribution in [1.29, 1.82) is 0 Å². The number of carbonyl (C=O) groups is 1. The smallest absolute Gasteiger partial charge is 0.195 e. The van der Waals surface area contributed by atoms with Crippen LogP contribution in [0.1, 0.15) is 27.0 Å². The molecule has 0 atom stereocenters. The van der Waals surface area contributed by atoms with Gasteiger partial charge in [-0.1, -0.05) is 18.2 Å². The first-order chi connectivity index (χ1) is 16.1. The predicted molar refractivity (Wildman–Crippen MR) is 117 cm³/mol. The normalized spacial score (nSPS) is 12.7. The number of hydrogen-bond donors (Lipinski definition) is 0. The maximum absolute atomic E-state index is 13.4. The fourth-order valence-electron chi connectivity index (χ4n) is 3.83. The van der Waals surface area contributed by atoms with Crippen LogP contribution in [0.4, 0.5) is 8.78 Å². The molecule has 0 saturated heterocycles. The van der Waals surface area contributed by atoms with Crippen molar-refractivity contribution in [3.63, 3.8) is 0 Å². The number of hydrogen-bond acceptors (Lipinski definition) is 5. The zero-order valence-electron chi connectivity index (χ0n) is 17.3. The largest absolute Gasteiger partial charge is 0.490 e. The Kier molecular flexibility index (Phi) is 5.44.